The van der Waals surface area contributed by atoms with Gasteiger partial charge in [0.05, 0.1) is 40.6 Å². The monoisotopic (exact) mass is 608 g/mol. The second kappa shape index (κ2) is 11.8. The van der Waals surface area contributed by atoms with Crippen molar-refractivity contribution in [3.8, 4) is 6.07 Å². The van der Waals surface area contributed by atoms with Gasteiger partial charge in [0.1, 0.15) is 6.04 Å². The van der Waals surface area contributed by atoms with Gasteiger partial charge in [-0.25, -0.2) is 19.3 Å². The molecule has 1 aliphatic rings. The second-order valence-electron chi connectivity index (χ2n) is 9.79. The third-order valence-electron chi connectivity index (χ3n) is 7.24. The van der Waals surface area contributed by atoms with Crippen molar-refractivity contribution in [2.45, 2.75) is 38.4 Å². The van der Waals surface area contributed by atoms with Crippen molar-refractivity contribution in [2.75, 3.05) is 12.0 Å². The smallest absolute Gasteiger partial charge is 0.416 e. The van der Waals surface area contributed by atoms with Gasteiger partial charge in [0, 0.05) is 17.6 Å². The first-order valence-corrected chi connectivity index (χ1v) is 13.5. The molecule has 0 radical (unpaired) electrons. The third kappa shape index (κ3) is 5.63. The van der Waals surface area contributed by atoms with E-state index in [-0.39, 0.29) is 22.9 Å². The number of H-pyrrole nitrogens is 1. The van der Waals surface area contributed by atoms with Gasteiger partial charge in [-0.3, -0.25) is 9.88 Å². The molecule has 0 bridgehead atoms. The molecule has 43 heavy (non-hydrogen) atoms. The first-order chi connectivity index (χ1) is 20.5. The summed E-state index contributed by atoms with van der Waals surface area (Å²) in [6, 6.07) is 13.9. The van der Waals surface area contributed by atoms with Crippen LogP contribution in [0.5, 0.6) is 0 Å². The lowest BCUT2D eigenvalue weighted by atomic mass is 9.88. The van der Waals surface area contributed by atoms with Crippen molar-refractivity contribution < 1.29 is 22.7 Å². The highest BCUT2D eigenvalue weighted by Crippen LogP contribution is 2.43. The van der Waals surface area contributed by atoms with E-state index in [9.17, 15) is 28.0 Å². The number of aromatic amines is 1. The molecule has 9 nitrogen and oxygen atoms in total. The van der Waals surface area contributed by atoms with Crippen molar-refractivity contribution in [3.05, 3.63) is 116 Å². The topological polar surface area (TPSA) is 117 Å². The molecule has 0 unspecified atom stereocenters. The van der Waals surface area contributed by atoms with Gasteiger partial charge < -0.3 is 4.74 Å². The van der Waals surface area contributed by atoms with Gasteiger partial charge in [-0.1, -0.05) is 23.7 Å². The Hall–Kier alpha value is -4.89. The van der Waals surface area contributed by atoms with E-state index in [1.807, 2.05) is 0 Å². The molecule has 2 aromatic carbocycles. The van der Waals surface area contributed by atoms with E-state index in [4.69, 9.17) is 16.3 Å². The van der Waals surface area contributed by atoms with Gasteiger partial charge in [-0.2, -0.15) is 18.4 Å². The van der Waals surface area contributed by atoms with E-state index in [0.29, 0.717) is 46.7 Å². The lowest BCUT2D eigenvalue weighted by molar-refractivity contribution is -0.138. The van der Waals surface area contributed by atoms with E-state index in [0.717, 1.165) is 12.1 Å². The molecule has 0 amide bonds. The Bertz CT molecular complexity index is 1840. The second-order valence-corrected chi connectivity index (χ2v) is 10.2. The summed E-state index contributed by atoms with van der Waals surface area (Å²) in [7, 11) is 1.18. The van der Waals surface area contributed by atoms with Crippen LogP contribution in [0.15, 0.2) is 76.9 Å². The van der Waals surface area contributed by atoms with Crippen LogP contribution in [0.2, 0.25) is 5.02 Å². The summed E-state index contributed by atoms with van der Waals surface area (Å²) < 4.78 is 47.1. The number of nitrogens with one attached hydrogen (secondary N) is 1. The molecule has 1 atom stereocenters. The van der Waals surface area contributed by atoms with Crippen LogP contribution in [0.4, 0.5) is 24.8 Å². The highest BCUT2D eigenvalue weighted by molar-refractivity contribution is 6.31. The minimum Gasteiger partial charge on any atom is -0.466 e. The molecule has 5 rings (SSSR count). The van der Waals surface area contributed by atoms with Crippen LogP contribution < -0.4 is 10.6 Å². The maximum atomic E-state index is 13.6. The van der Waals surface area contributed by atoms with Gasteiger partial charge in [0.2, 0.25) is 5.95 Å². The average Bonchev–Trinajstić information content (AvgIpc) is 3.37. The number of carbonyl (C=O) groups is 1. The predicted molar refractivity (Wildman–Crippen MR) is 152 cm³/mol. The van der Waals surface area contributed by atoms with Gasteiger partial charge in [-0.15, -0.1) is 5.10 Å². The average molecular weight is 609 g/mol. The number of hydrogen-bond donors (Lipinski definition) is 1. The fourth-order valence-electron chi connectivity index (χ4n) is 5.29. The number of nitrogens with zero attached hydrogens (tertiary/aromatic N) is 5. The molecule has 0 aliphatic carbocycles. The van der Waals surface area contributed by atoms with Gasteiger partial charge in [0.15, 0.2) is 0 Å². The number of carbonyl (C=O) groups excluding carboxylic acids is 1. The molecule has 3 heterocycles. The van der Waals surface area contributed by atoms with Crippen LogP contribution >= 0.6 is 11.6 Å². The van der Waals surface area contributed by atoms with E-state index in [1.54, 1.807) is 43.5 Å². The fourth-order valence-corrected chi connectivity index (χ4v) is 5.50. The van der Waals surface area contributed by atoms with Crippen LogP contribution in [0.3, 0.4) is 0 Å². The molecule has 1 aliphatic heterocycles. The Morgan fingerprint density at radius 3 is 2.65 bits per heavy atom. The highest BCUT2D eigenvalue weighted by atomic mass is 35.5. The number of anilines is 2. The summed E-state index contributed by atoms with van der Waals surface area (Å²) in [5.74, 6) is -0.802. The molecule has 0 saturated heterocycles. The normalized spacial score (nSPS) is 14.8. The van der Waals surface area contributed by atoms with Crippen LogP contribution in [-0.2, 0) is 28.5 Å². The number of allylic oxidation sites excluding steroid dienone is 1. The number of aromatic nitrogens is 4. The zero-order chi connectivity index (χ0) is 30.9. The number of benzene rings is 2. The molecule has 1 N–H and O–H groups in total. The van der Waals surface area contributed by atoms with Crippen molar-refractivity contribution in [3.63, 3.8) is 0 Å². The summed E-state index contributed by atoms with van der Waals surface area (Å²) >= 11 is 6.27. The van der Waals surface area contributed by atoms with Crippen LogP contribution in [-0.4, -0.2) is 32.8 Å². The molecule has 2 aromatic heterocycles. The first-order valence-electron chi connectivity index (χ1n) is 13.1. The Morgan fingerprint density at radius 1 is 1.16 bits per heavy atom. The molecule has 4 aromatic rings. The van der Waals surface area contributed by atoms with E-state index >= 15 is 0 Å². The van der Waals surface area contributed by atoms with Crippen molar-refractivity contribution in [1.82, 2.24) is 19.7 Å². The quantitative estimate of drug-likeness (QED) is 0.261. The number of pyridine rings is 1. The summed E-state index contributed by atoms with van der Waals surface area (Å²) in [6.07, 6.45) is -1.45. The Labute approximate surface area is 248 Å². The number of halogens is 4. The van der Waals surface area contributed by atoms with E-state index < -0.39 is 29.4 Å². The minimum absolute atomic E-state index is 0.0185. The number of ether oxygens (including phenoxy) is 1. The molecular formula is C30H24ClF3N6O3. The van der Waals surface area contributed by atoms with Crippen molar-refractivity contribution in [1.29, 1.82) is 5.26 Å². The van der Waals surface area contributed by atoms with Gasteiger partial charge in [0.25, 0.3) is 0 Å². The Balaban J connectivity index is 1.66. The van der Waals surface area contributed by atoms with Crippen molar-refractivity contribution in [2.24, 2.45) is 0 Å². The van der Waals surface area contributed by atoms with E-state index in [2.05, 4.69) is 21.3 Å². The Kier molecular flexibility index (Phi) is 8.10. The third-order valence-corrected chi connectivity index (χ3v) is 7.58. The number of hydrogen-bond acceptors (Lipinski definition) is 7. The predicted octanol–water partition coefficient (Wildman–Crippen LogP) is 5.87. The summed E-state index contributed by atoms with van der Waals surface area (Å²) in [5, 5.41) is 16.6. The maximum absolute atomic E-state index is 13.6. The van der Waals surface area contributed by atoms with Crippen LogP contribution in [0.25, 0.3) is 0 Å². The molecule has 220 valence electrons. The Morgan fingerprint density at radius 2 is 1.95 bits per heavy atom. The largest absolute Gasteiger partial charge is 0.466 e. The number of alkyl halides is 3. The lowest BCUT2D eigenvalue weighted by Crippen LogP contribution is -2.38. The van der Waals surface area contributed by atoms with Gasteiger partial charge >= 0.3 is 17.8 Å². The van der Waals surface area contributed by atoms with Crippen LogP contribution in [0.1, 0.15) is 47.3 Å². The lowest BCUT2D eigenvalue weighted by Gasteiger charge is -2.36. The SMILES string of the molecule is COC(=O)C1=C(C)N(c2cccc(C(F)(F)F)c2)c2n[nH]c(=O)n2[C@@H]1c1ccc(C#N)cc1CCCc1ncccc1Cl. The zero-order valence-electron chi connectivity index (χ0n) is 22.9. The van der Waals surface area contributed by atoms with Gasteiger partial charge in [-0.05, 0) is 79.8 Å². The van der Waals surface area contributed by atoms with E-state index in [1.165, 1.54) is 28.7 Å². The fraction of sp³-hybridized carbons (Fsp3) is 0.233. The highest BCUT2D eigenvalue weighted by Gasteiger charge is 2.41. The summed E-state index contributed by atoms with van der Waals surface area (Å²) in [5.41, 5.74) is 0.962. The minimum atomic E-state index is -4.63. The number of methoxy groups -OCH3 is 1. The first kappa shape index (κ1) is 29.6. The number of rotatable bonds is 7. The maximum Gasteiger partial charge on any atom is 0.416 e. The standard InChI is InChI=1S/C30H24ClF3N6O3/c1-17-25(27(41)43-2)26(22-12-11-18(16-35)14-19(22)6-3-10-24-23(31)9-5-13-36-24)40-28(37-38-29(40)42)39(17)21-8-4-7-20(15-21)30(32,33)34/h4-5,7-9,11-15,26H,3,6,10H2,1-2H3,(H,38,42)/t26-/m1/s1. The molecule has 0 spiro atoms. The molecular weight excluding hydrogens is 585 g/mol. The zero-order valence-corrected chi connectivity index (χ0v) is 23.7. The summed E-state index contributed by atoms with van der Waals surface area (Å²) in [4.78, 5) is 32.3. The molecule has 0 saturated carbocycles. The number of aryl methyl sites for hydroxylation is 2. The molecule has 0 fully saturated rings. The van der Waals surface area contributed by atoms with Crippen molar-refractivity contribution >= 4 is 29.2 Å². The number of esters is 1. The summed E-state index contributed by atoms with van der Waals surface area (Å²) in [6.45, 7) is 1.55. The number of nitriles is 1. The molecule has 13 heteroatoms. The number of fused-ring (bicyclic) bond motifs is 1. The van der Waals surface area contributed by atoms with Crippen LogP contribution in [0, 0.1) is 11.3 Å².